The lowest BCUT2D eigenvalue weighted by molar-refractivity contribution is 0.148. The summed E-state index contributed by atoms with van der Waals surface area (Å²) in [5.41, 5.74) is 3.94. The Balaban J connectivity index is 1.28. The third kappa shape index (κ3) is 6.47. The highest BCUT2D eigenvalue weighted by Crippen LogP contribution is 2.19. The van der Waals surface area contributed by atoms with Crippen molar-refractivity contribution in [3.8, 4) is 0 Å². The first-order valence-electron chi connectivity index (χ1n) is 12.0. The van der Waals surface area contributed by atoms with Gasteiger partial charge in [0.15, 0.2) is 5.96 Å². The quantitative estimate of drug-likeness (QED) is 0.518. The summed E-state index contributed by atoms with van der Waals surface area (Å²) >= 11 is 0. The maximum atomic E-state index is 4.86. The molecule has 1 atom stereocenters. The van der Waals surface area contributed by atoms with Gasteiger partial charge in [-0.15, -0.1) is 0 Å². The molecular weight excluding hydrogens is 396 g/mol. The molecule has 0 aliphatic carbocycles. The van der Waals surface area contributed by atoms with Crippen LogP contribution >= 0.6 is 0 Å². The normalized spacial score (nSPS) is 20.5. The van der Waals surface area contributed by atoms with Crippen LogP contribution in [0.2, 0.25) is 0 Å². The lowest BCUT2D eigenvalue weighted by Crippen LogP contribution is -2.44. The van der Waals surface area contributed by atoms with Gasteiger partial charge in [0.05, 0.1) is 6.54 Å². The zero-order chi connectivity index (χ0) is 22.2. The number of hydrogen-bond donors (Lipinski definition) is 2. The summed E-state index contributed by atoms with van der Waals surface area (Å²) in [6.45, 7) is 11.5. The molecule has 0 spiro atoms. The van der Waals surface area contributed by atoms with E-state index >= 15 is 0 Å². The Morgan fingerprint density at radius 2 is 1.66 bits per heavy atom. The minimum Gasteiger partial charge on any atom is -0.369 e. The number of nitrogens with zero attached hydrogens (tertiary/aromatic N) is 4. The van der Waals surface area contributed by atoms with Crippen molar-refractivity contribution in [2.45, 2.75) is 32.5 Å². The van der Waals surface area contributed by atoms with Crippen LogP contribution in [0.1, 0.15) is 24.5 Å². The van der Waals surface area contributed by atoms with Gasteiger partial charge in [0, 0.05) is 64.1 Å². The van der Waals surface area contributed by atoms with Crippen molar-refractivity contribution in [1.29, 1.82) is 0 Å². The van der Waals surface area contributed by atoms with Gasteiger partial charge in [-0.2, -0.15) is 0 Å². The molecule has 2 fully saturated rings. The number of rotatable bonds is 7. The van der Waals surface area contributed by atoms with Gasteiger partial charge < -0.3 is 20.4 Å². The fourth-order valence-electron chi connectivity index (χ4n) is 4.45. The van der Waals surface area contributed by atoms with E-state index < -0.39 is 0 Å². The van der Waals surface area contributed by atoms with E-state index in [1.807, 2.05) is 0 Å². The summed E-state index contributed by atoms with van der Waals surface area (Å²) in [4.78, 5) is 12.2. The number of benzene rings is 2. The summed E-state index contributed by atoms with van der Waals surface area (Å²) in [5, 5.41) is 7.06. The van der Waals surface area contributed by atoms with Crippen molar-refractivity contribution in [3.63, 3.8) is 0 Å². The first kappa shape index (κ1) is 22.6. The number of aliphatic imine (C=N–C) groups is 1. The molecule has 0 aromatic heterocycles. The first-order chi connectivity index (χ1) is 15.7. The summed E-state index contributed by atoms with van der Waals surface area (Å²) in [6, 6.07) is 20.1. The van der Waals surface area contributed by atoms with E-state index in [4.69, 9.17) is 4.99 Å². The van der Waals surface area contributed by atoms with Crippen LogP contribution in [0.3, 0.4) is 0 Å². The summed E-state index contributed by atoms with van der Waals surface area (Å²) in [6.07, 6.45) is 1.13. The van der Waals surface area contributed by atoms with Crippen LogP contribution in [0.4, 0.5) is 5.69 Å². The van der Waals surface area contributed by atoms with Crippen molar-refractivity contribution in [2.24, 2.45) is 4.99 Å². The lowest BCUT2D eigenvalue weighted by Gasteiger charge is -2.32. The van der Waals surface area contributed by atoms with E-state index in [1.54, 1.807) is 0 Å². The molecule has 2 aromatic rings. The monoisotopic (exact) mass is 434 g/mol. The SMILES string of the molecule is CCNC(=NCc1ccc(CN2CCN(C)CC2)cc1)NC1CCN(c2ccccc2)C1. The molecular formula is C26H38N6. The molecule has 2 N–H and O–H groups in total. The molecule has 1 unspecified atom stereocenters. The molecule has 2 aliphatic heterocycles. The van der Waals surface area contributed by atoms with Crippen molar-refractivity contribution < 1.29 is 0 Å². The predicted molar refractivity (Wildman–Crippen MR) is 134 cm³/mol. The van der Waals surface area contributed by atoms with Gasteiger partial charge in [-0.25, -0.2) is 4.99 Å². The van der Waals surface area contributed by atoms with E-state index in [-0.39, 0.29) is 0 Å². The third-order valence-electron chi connectivity index (χ3n) is 6.44. The Hall–Kier alpha value is -2.57. The van der Waals surface area contributed by atoms with Gasteiger partial charge in [-0.1, -0.05) is 42.5 Å². The van der Waals surface area contributed by atoms with E-state index in [0.717, 1.165) is 64.7 Å². The zero-order valence-electron chi connectivity index (χ0n) is 19.6. The fourth-order valence-corrected chi connectivity index (χ4v) is 4.45. The molecule has 6 heteroatoms. The summed E-state index contributed by atoms with van der Waals surface area (Å²) in [5.74, 6) is 0.911. The van der Waals surface area contributed by atoms with Gasteiger partial charge in [0.2, 0.25) is 0 Å². The maximum Gasteiger partial charge on any atom is 0.191 e. The number of para-hydroxylation sites is 1. The molecule has 0 bridgehead atoms. The van der Waals surface area contributed by atoms with Gasteiger partial charge >= 0.3 is 0 Å². The number of nitrogens with one attached hydrogen (secondary N) is 2. The van der Waals surface area contributed by atoms with E-state index in [9.17, 15) is 0 Å². The Kier molecular flexibility index (Phi) is 8.02. The molecule has 0 radical (unpaired) electrons. The van der Waals surface area contributed by atoms with Crippen molar-refractivity contribution >= 4 is 11.6 Å². The van der Waals surface area contributed by atoms with Gasteiger partial charge in [0.1, 0.15) is 0 Å². The molecule has 32 heavy (non-hydrogen) atoms. The number of guanidine groups is 1. The minimum absolute atomic E-state index is 0.416. The molecule has 6 nitrogen and oxygen atoms in total. The van der Waals surface area contributed by atoms with Crippen LogP contribution in [0, 0.1) is 0 Å². The average Bonchev–Trinajstić information content (AvgIpc) is 3.29. The van der Waals surface area contributed by atoms with E-state index in [1.165, 1.54) is 16.8 Å². The molecule has 172 valence electrons. The highest BCUT2D eigenvalue weighted by Gasteiger charge is 2.23. The molecule has 0 saturated carbocycles. The highest BCUT2D eigenvalue weighted by molar-refractivity contribution is 5.80. The largest absolute Gasteiger partial charge is 0.369 e. The van der Waals surface area contributed by atoms with Crippen molar-refractivity contribution in [3.05, 3.63) is 65.7 Å². The summed E-state index contributed by atoms with van der Waals surface area (Å²) in [7, 11) is 2.20. The second kappa shape index (κ2) is 11.3. The van der Waals surface area contributed by atoms with Crippen LogP contribution in [-0.2, 0) is 13.1 Å². The molecule has 0 amide bonds. The molecule has 2 aliphatic rings. The second-order valence-corrected chi connectivity index (χ2v) is 9.00. The van der Waals surface area contributed by atoms with E-state index in [2.05, 4.69) is 93.9 Å². The first-order valence-corrected chi connectivity index (χ1v) is 12.0. The van der Waals surface area contributed by atoms with Gasteiger partial charge in [-0.05, 0) is 43.7 Å². The smallest absolute Gasteiger partial charge is 0.191 e. The Bertz CT molecular complexity index is 842. The second-order valence-electron chi connectivity index (χ2n) is 9.00. The van der Waals surface area contributed by atoms with Gasteiger partial charge in [-0.3, -0.25) is 4.90 Å². The topological polar surface area (TPSA) is 46.1 Å². The van der Waals surface area contributed by atoms with E-state index in [0.29, 0.717) is 12.6 Å². The van der Waals surface area contributed by atoms with Crippen LogP contribution < -0.4 is 15.5 Å². The van der Waals surface area contributed by atoms with Crippen LogP contribution in [-0.4, -0.2) is 74.7 Å². The van der Waals surface area contributed by atoms with Crippen molar-refractivity contribution in [1.82, 2.24) is 20.4 Å². The van der Waals surface area contributed by atoms with Gasteiger partial charge in [0.25, 0.3) is 0 Å². The maximum absolute atomic E-state index is 4.86. The van der Waals surface area contributed by atoms with Crippen LogP contribution in [0.15, 0.2) is 59.6 Å². The molecule has 2 heterocycles. The standard InChI is InChI=1S/C26H38N6/c1-3-27-26(29-24-13-14-32(21-24)25-7-5-4-6-8-25)28-19-22-9-11-23(12-10-22)20-31-17-15-30(2)16-18-31/h4-12,24H,3,13-21H2,1-2H3,(H2,27,28,29). The van der Waals surface area contributed by atoms with Crippen LogP contribution in [0.25, 0.3) is 0 Å². The lowest BCUT2D eigenvalue weighted by atomic mass is 10.1. The molecule has 2 saturated heterocycles. The Labute approximate surface area is 193 Å². The minimum atomic E-state index is 0.416. The number of piperazine rings is 1. The number of anilines is 1. The Morgan fingerprint density at radius 3 is 2.38 bits per heavy atom. The number of hydrogen-bond acceptors (Lipinski definition) is 4. The van der Waals surface area contributed by atoms with Crippen LogP contribution in [0.5, 0.6) is 0 Å². The predicted octanol–water partition coefficient (Wildman–Crippen LogP) is 2.77. The average molecular weight is 435 g/mol. The van der Waals surface area contributed by atoms with Crippen molar-refractivity contribution in [2.75, 3.05) is 57.8 Å². The molecule has 2 aromatic carbocycles. The third-order valence-corrected chi connectivity index (χ3v) is 6.44. The highest BCUT2D eigenvalue weighted by atomic mass is 15.3. The molecule has 4 rings (SSSR count). The summed E-state index contributed by atoms with van der Waals surface area (Å²) < 4.78 is 0. The zero-order valence-corrected chi connectivity index (χ0v) is 19.6. The number of likely N-dealkylation sites (N-methyl/N-ethyl adjacent to an activating group) is 1. The Morgan fingerprint density at radius 1 is 0.938 bits per heavy atom. The fraction of sp³-hybridized carbons (Fsp3) is 0.500.